The summed E-state index contributed by atoms with van der Waals surface area (Å²) in [5, 5.41) is 12.3. The van der Waals surface area contributed by atoms with Gasteiger partial charge in [0.1, 0.15) is 0 Å². The lowest BCUT2D eigenvalue weighted by molar-refractivity contribution is -0.118. The maximum absolute atomic E-state index is 12.1. The van der Waals surface area contributed by atoms with Gasteiger partial charge in [0, 0.05) is 10.7 Å². The molecule has 0 heterocycles. The Balaban J connectivity index is 2.11. The lowest BCUT2D eigenvalue weighted by atomic mass is 10.2. The second-order valence-corrected chi connectivity index (χ2v) is 6.14. The molecule has 2 aromatic rings. The van der Waals surface area contributed by atoms with Gasteiger partial charge in [0.15, 0.2) is 18.1 Å². The van der Waals surface area contributed by atoms with Crippen molar-refractivity contribution in [3.63, 3.8) is 0 Å². The highest BCUT2D eigenvalue weighted by atomic mass is 35.5. The fourth-order valence-corrected chi connectivity index (χ4v) is 2.55. The van der Waals surface area contributed by atoms with Crippen LogP contribution in [0.1, 0.15) is 22.8 Å². The second-order valence-electron chi connectivity index (χ2n) is 5.32. The molecule has 26 heavy (non-hydrogen) atoms. The van der Waals surface area contributed by atoms with E-state index < -0.39 is 11.9 Å². The van der Waals surface area contributed by atoms with Gasteiger partial charge in [-0.25, -0.2) is 4.79 Å². The van der Waals surface area contributed by atoms with Crippen molar-refractivity contribution in [3.05, 3.63) is 51.5 Å². The van der Waals surface area contributed by atoms with E-state index >= 15 is 0 Å². The largest absolute Gasteiger partial charge is 0.490 e. The van der Waals surface area contributed by atoms with E-state index in [-0.39, 0.29) is 35.3 Å². The molecule has 0 aliphatic rings. The van der Waals surface area contributed by atoms with Crippen LogP contribution in [0.3, 0.4) is 0 Å². The maximum atomic E-state index is 12.1. The molecule has 0 saturated carbocycles. The van der Waals surface area contributed by atoms with Crippen molar-refractivity contribution in [2.24, 2.45) is 0 Å². The number of ether oxygens (including phenoxy) is 2. The van der Waals surface area contributed by atoms with Crippen LogP contribution >= 0.6 is 23.2 Å². The Morgan fingerprint density at radius 1 is 1.12 bits per heavy atom. The van der Waals surface area contributed by atoms with Crippen LogP contribution in [-0.4, -0.2) is 30.2 Å². The number of hydrogen-bond acceptors (Lipinski definition) is 4. The van der Waals surface area contributed by atoms with E-state index in [4.69, 9.17) is 37.8 Å². The minimum Gasteiger partial charge on any atom is -0.490 e. The molecule has 0 bridgehead atoms. The van der Waals surface area contributed by atoms with Crippen LogP contribution < -0.4 is 14.8 Å². The Labute approximate surface area is 160 Å². The van der Waals surface area contributed by atoms with Crippen molar-refractivity contribution in [1.29, 1.82) is 0 Å². The number of halogens is 2. The Hall–Kier alpha value is -2.44. The van der Waals surface area contributed by atoms with Crippen LogP contribution in [0.15, 0.2) is 30.3 Å². The number of carboxylic acids is 1. The number of carbonyl (C=O) groups is 2. The molecule has 6 nitrogen and oxygen atoms in total. The Kier molecular flexibility index (Phi) is 6.71. The molecule has 0 radical (unpaired) electrons. The van der Waals surface area contributed by atoms with Gasteiger partial charge in [-0.05, 0) is 43.7 Å². The normalized spacial score (nSPS) is 10.3. The number of amides is 1. The fraction of sp³-hybridized carbons (Fsp3) is 0.222. The average Bonchev–Trinajstić information content (AvgIpc) is 2.57. The topological polar surface area (TPSA) is 84.9 Å². The number of anilines is 1. The fourth-order valence-electron chi connectivity index (χ4n) is 2.10. The summed E-state index contributed by atoms with van der Waals surface area (Å²) in [5.74, 6) is -1.31. The number of aromatic carboxylic acids is 1. The number of carbonyl (C=O) groups excluding carboxylic acids is 1. The highest BCUT2D eigenvalue weighted by Gasteiger charge is 2.17. The molecule has 0 unspecified atom stereocenters. The minimum absolute atomic E-state index is 0.0375. The van der Waals surface area contributed by atoms with Crippen LogP contribution in [0.4, 0.5) is 5.69 Å². The number of aryl methyl sites for hydroxylation is 1. The van der Waals surface area contributed by atoms with Gasteiger partial charge in [0.05, 0.1) is 17.2 Å². The molecular weight excluding hydrogens is 381 g/mol. The van der Waals surface area contributed by atoms with Crippen LogP contribution in [0, 0.1) is 6.92 Å². The standard InChI is InChI=1S/C18H17Cl2NO5/c1-3-25-15-7-11(18(23)24)6-14(20)17(15)26-9-16(22)21-12-5-4-10(2)13(19)8-12/h4-8H,3,9H2,1-2H3,(H,21,22)(H,23,24). The van der Waals surface area contributed by atoms with Crippen molar-refractivity contribution in [2.45, 2.75) is 13.8 Å². The number of hydrogen-bond donors (Lipinski definition) is 2. The van der Waals surface area contributed by atoms with Crippen molar-refractivity contribution in [3.8, 4) is 11.5 Å². The van der Waals surface area contributed by atoms with Gasteiger partial charge in [-0.3, -0.25) is 4.79 Å². The van der Waals surface area contributed by atoms with Crippen LogP contribution in [0.2, 0.25) is 10.0 Å². The molecule has 2 aromatic carbocycles. The molecule has 2 N–H and O–H groups in total. The molecule has 0 saturated heterocycles. The lowest BCUT2D eigenvalue weighted by Crippen LogP contribution is -2.20. The van der Waals surface area contributed by atoms with E-state index in [0.717, 1.165) is 5.56 Å². The summed E-state index contributed by atoms with van der Waals surface area (Å²) >= 11 is 12.1. The molecule has 0 aromatic heterocycles. The maximum Gasteiger partial charge on any atom is 0.335 e. The van der Waals surface area contributed by atoms with Gasteiger partial charge in [0.25, 0.3) is 5.91 Å². The Morgan fingerprint density at radius 3 is 2.46 bits per heavy atom. The quantitative estimate of drug-likeness (QED) is 0.722. The lowest BCUT2D eigenvalue weighted by Gasteiger charge is -2.14. The zero-order valence-corrected chi connectivity index (χ0v) is 15.6. The highest BCUT2D eigenvalue weighted by Crippen LogP contribution is 2.36. The SMILES string of the molecule is CCOc1cc(C(=O)O)cc(Cl)c1OCC(=O)Nc1ccc(C)c(Cl)c1. The summed E-state index contributed by atoms with van der Waals surface area (Å²) in [5.41, 5.74) is 1.39. The third kappa shape index (κ3) is 5.03. The van der Waals surface area contributed by atoms with E-state index in [1.807, 2.05) is 6.92 Å². The molecule has 0 aliphatic carbocycles. The smallest absolute Gasteiger partial charge is 0.335 e. The molecule has 1 amide bonds. The number of rotatable bonds is 7. The van der Waals surface area contributed by atoms with E-state index in [9.17, 15) is 9.59 Å². The third-order valence-electron chi connectivity index (χ3n) is 3.36. The van der Waals surface area contributed by atoms with Crippen molar-refractivity contribution in [2.75, 3.05) is 18.5 Å². The van der Waals surface area contributed by atoms with Gasteiger partial charge in [-0.15, -0.1) is 0 Å². The number of carboxylic acid groups (broad SMARTS) is 1. The van der Waals surface area contributed by atoms with Crippen LogP contribution in [0.5, 0.6) is 11.5 Å². The number of benzene rings is 2. The summed E-state index contributed by atoms with van der Waals surface area (Å²) in [6.45, 7) is 3.54. The third-order valence-corrected chi connectivity index (χ3v) is 4.05. The van der Waals surface area contributed by atoms with Crippen molar-refractivity contribution >= 4 is 40.8 Å². The summed E-state index contributed by atoms with van der Waals surface area (Å²) in [4.78, 5) is 23.2. The van der Waals surface area contributed by atoms with Gasteiger partial charge >= 0.3 is 5.97 Å². The summed E-state index contributed by atoms with van der Waals surface area (Å²) in [6.07, 6.45) is 0. The summed E-state index contributed by atoms with van der Waals surface area (Å²) in [6, 6.07) is 7.67. The van der Waals surface area contributed by atoms with Gasteiger partial charge in [0.2, 0.25) is 0 Å². The first-order chi connectivity index (χ1) is 12.3. The van der Waals surface area contributed by atoms with E-state index in [2.05, 4.69) is 5.32 Å². The Bertz CT molecular complexity index is 839. The highest BCUT2D eigenvalue weighted by molar-refractivity contribution is 6.32. The van der Waals surface area contributed by atoms with Crippen LogP contribution in [-0.2, 0) is 4.79 Å². The average molecular weight is 398 g/mol. The molecule has 0 fully saturated rings. The van der Waals surface area contributed by atoms with Gasteiger partial charge < -0.3 is 19.9 Å². The summed E-state index contributed by atoms with van der Waals surface area (Å²) in [7, 11) is 0. The molecular formula is C18H17Cl2NO5. The first-order valence-electron chi connectivity index (χ1n) is 7.70. The van der Waals surface area contributed by atoms with Gasteiger partial charge in [-0.1, -0.05) is 29.3 Å². The molecule has 8 heteroatoms. The van der Waals surface area contributed by atoms with E-state index in [0.29, 0.717) is 10.7 Å². The van der Waals surface area contributed by atoms with Crippen molar-refractivity contribution < 1.29 is 24.2 Å². The first-order valence-corrected chi connectivity index (χ1v) is 8.45. The second kappa shape index (κ2) is 8.78. The first kappa shape index (κ1) is 19.9. The molecule has 0 spiro atoms. The number of nitrogens with one attached hydrogen (secondary N) is 1. The molecule has 0 aliphatic heterocycles. The van der Waals surface area contributed by atoms with Crippen LogP contribution in [0.25, 0.3) is 0 Å². The van der Waals surface area contributed by atoms with Gasteiger partial charge in [-0.2, -0.15) is 0 Å². The molecule has 2 rings (SSSR count). The van der Waals surface area contributed by atoms with E-state index in [1.165, 1.54) is 12.1 Å². The monoisotopic (exact) mass is 397 g/mol. The Morgan fingerprint density at radius 2 is 1.85 bits per heavy atom. The van der Waals surface area contributed by atoms with E-state index in [1.54, 1.807) is 25.1 Å². The zero-order chi connectivity index (χ0) is 19.3. The predicted octanol–water partition coefficient (Wildman–Crippen LogP) is 4.42. The summed E-state index contributed by atoms with van der Waals surface area (Å²) < 4.78 is 10.8. The predicted molar refractivity (Wildman–Crippen MR) is 99.9 cm³/mol. The van der Waals surface area contributed by atoms with Crippen molar-refractivity contribution in [1.82, 2.24) is 0 Å². The zero-order valence-electron chi connectivity index (χ0n) is 14.1. The minimum atomic E-state index is -1.15. The molecule has 0 atom stereocenters. The molecule has 138 valence electrons.